The van der Waals surface area contributed by atoms with E-state index in [0.717, 1.165) is 12.1 Å². The maximum Gasteiger partial charge on any atom is 0.416 e. The number of benzene rings is 1. The van der Waals surface area contributed by atoms with E-state index in [2.05, 4.69) is 15.2 Å². The molecule has 2 rings (SSSR count). The van der Waals surface area contributed by atoms with Gasteiger partial charge in [-0.1, -0.05) is 26.0 Å². The SMILES string of the molecule is CC(C)c1nc(-c2cccc(C(F)(F)F)c2)n[nH]1. The summed E-state index contributed by atoms with van der Waals surface area (Å²) in [6, 6.07) is 4.98. The normalized spacial score (nSPS) is 12.1. The highest BCUT2D eigenvalue weighted by atomic mass is 19.4. The smallest absolute Gasteiger partial charge is 0.262 e. The second-order valence-electron chi connectivity index (χ2n) is 4.28. The molecule has 0 fully saturated rings. The van der Waals surface area contributed by atoms with Crippen molar-refractivity contribution >= 4 is 0 Å². The molecule has 1 aromatic carbocycles. The van der Waals surface area contributed by atoms with E-state index in [0.29, 0.717) is 11.4 Å². The number of alkyl halides is 3. The number of hydrogen-bond acceptors (Lipinski definition) is 2. The van der Waals surface area contributed by atoms with Gasteiger partial charge in [0, 0.05) is 11.5 Å². The van der Waals surface area contributed by atoms with Crippen LogP contribution in [0.3, 0.4) is 0 Å². The van der Waals surface area contributed by atoms with Crippen molar-refractivity contribution in [2.75, 3.05) is 0 Å². The largest absolute Gasteiger partial charge is 0.416 e. The van der Waals surface area contributed by atoms with E-state index in [1.165, 1.54) is 6.07 Å². The molecule has 1 aromatic heterocycles. The first-order valence-corrected chi connectivity index (χ1v) is 5.48. The number of nitrogens with zero attached hydrogens (tertiary/aromatic N) is 2. The Morgan fingerprint density at radius 1 is 1.22 bits per heavy atom. The predicted octanol–water partition coefficient (Wildman–Crippen LogP) is 3.61. The minimum absolute atomic E-state index is 0.150. The van der Waals surface area contributed by atoms with Crippen LogP contribution in [0.15, 0.2) is 24.3 Å². The lowest BCUT2D eigenvalue weighted by atomic mass is 10.1. The number of aromatic nitrogens is 3. The van der Waals surface area contributed by atoms with Gasteiger partial charge in [0.05, 0.1) is 5.56 Å². The predicted molar refractivity (Wildman–Crippen MR) is 60.9 cm³/mol. The molecule has 0 radical (unpaired) electrons. The highest BCUT2D eigenvalue weighted by Crippen LogP contribution is 2.31. The molecule has 0 aliphatic heterocycles. The van der Waals surface area contributed by atoms with Crippen LogP contribution in [0.1, 0.15) is 31.2 Å². The molecule has 0 bridgehead atoms. The molecule has 0 spiro atoms. The third-order valence-corrected chi connectivity index (χ3v) is 2.50. The van der Waals surface area contributed by atoms with E-state index in [1.807, 2.05) is 13.8 Å². The Labute approximate surface area is 102 Å². The van der Waals surface area contributed by atoms with Gasteiger partial charge in [-0.2, -0.15) is 18.3 Å². The Kier molecular flexibility index (Phi) is 3.11. The highest BCUT2D eigenvalue weighted by Gasteiger charge is 2.30. The van der Waals surface area contributed by atoms with Crippen molar-refractivity contribution in [3.63, 3.8) is 0 Å². The Bertz CT molecular complexity index is 543. The van der Waals surface area contributed by atoms with Crippen LogP contribution in [-0.4, -0.2) is 15.2 Å². The van der Waals surface area contributed by atoms with Gasteiger partial charge >= 0.3 is 6.18 Å². The Morgan fingerprint density at radius 2 is 1.94 bits per heavy atom. The van der Waals surface area contributed by atoms with Crippen molar-refractivity contribution in [3.05, 3.63) is 35.7 Å². The lowest BCUT2D eigenvalue weighted by Crippen LogP contribution is -2.04. The van der Waals surface area contributed by atoms with Gasteiger partial charge in [-0.15, -0.1) is 0 Å². The summed E-state index contributed by atoms with van der Waals surface area (Å²) in [5, 5.41) is 6.65. The maximum absolute atomic E-state index is 12.6. The molecule has 3 nitrogen and oxygen atoms in total. The molecule has 0 saturated carbocycles. The fourth-order valence-electron chi connectivity index (χ4n) is 1.50. The first kappa shape index (κ1) is 12.6. The number of nitrogens with one attached hydrogen (secondary N) is 1. The van der Waals surface area contributed by atoms with Gasteiger partial charge in [0.2, 0.25) is 0 Å². The van der Waals surface area contributed by atoms with E-state index >= 15 is 0 Å². The summed E-state index contributed by atoms with van der Waals surface area (Å²) in [6.07, 6.45) is -4.35. The molecule has 0 unspecified atom stereocenters. The van der Waals surface area contributed by atoms with Crippen LogP contribution < -0.4 is 0 Å². The zero-order valence-corrected chi connectivity index (χ0v) is 9.92. The molecule has 0 saturated heterocycles. The maximum atomic E-state index is 12.6. The summed E-state index contributed by atoms with van der Waals surface area (Å²) in [7, 11) is 0. The lowest BCUT2D eigenvalue weighted by molar-refractivity contribution is -0.137. The van der Waals surface area contributed by atoms with Crippen LogP contribution in [0.4, 0.5) is 13.2 Å². The summed E-state index contributed by atoms with van der Waals surface area (Å²) in [6.45, 7) is 3.85. The van der Waals surface area contributed by atoms with Crippen molar-refractivity contribution in [2.24, 2.45) is 0 Å². The molecule has 1 N–H and O–H groups in total. The minimum Gasteiger partial charge on any atom is -0.262 e. The van der Waals surface area contributed by atoms with E-state index in [1.54, 1.807) is 6.07 Å². The third kappa shape index (κ3) is 2.52. The molecule has 0 atom stereocenters. The Hall–Kier alpha value is -1.85. The van der Waals surface area contributed by atoms with Crippen LogP contribution in [-0.2, 0) is 6.18 Å². The summed E-state index contributed by atoms with van der Waals surface area (Å²) in [5.74, 6) is 1.09. The number of halogens is 3. The molecule has 0 aliphatic carbocycles. The Balaban J connectivity index is 2.38. The topological polar surface area (TPSA) is 41.6 Å². The van der Waals surface area contributed by atoms with E-state index in [-0.39, 0.29) is 11.7 Å². The van der Waals surface area contributed by atoms with Gasteiger partial charge in [-0.3, -0.25) is 5.10 Å². The molecular weight excluding hydrogens is 243 g/mol. The molecule has 0 aliphatic rings. The average molecular weight is 255 g/mol. The quantitative estimate of drug-likeness (QED) is 0.890. The van der Waals surface area contributed by atoms with Crippen molar-refractivity contribution in [3.8, 4) is 11.4 Å². The first-order chi connectivity index (χ1) is 8.38. The van der Waals surface area contributed by atoms with Crippen LogP contribution in [0, 0.1) is 0 Å². The van der Waals surface area contributed by atoms with Crippen LogP contribution >= 0.6 is 0 Å². The minimum atomic E-state index is -4.35. The van der Waals surface area contributed by atoms with Gasteiger partial charge in [-0.05, 0) is 12.1 Å². The van der Waals surface area contributed by atoms with Gasteiger partial charge in [0.15, 0.2) is 5.82 Å². The average Bonchev–Trinajstić information content (AvgIpc) is 2.77. The molecule has 0 amide bonds. The molecule has 18 heavy (non-hydrogen) atoms. The number of rotatable bonds is 2. The van der Waals surface area contributed by atoms with Crippen molar-refractivity contribution in [1.82, 2.24) is 15.2 Å². The van der Waals surface area contributed by atoms with Crippen LogP contribution in [0.25, 0.3) is 11.4 Å². The summed E-state index contributed by atoms with van der Waals surface area (Å²) in [4.78, 5) is 4.17. The van der Waals surface area contributed by atoms with E-state index < -0.39 is 11.7 Å². The van der Waals surface area contributed by atoms with Gasteiger partial charge < -0.3 is 0 Å². The number of hydrogen-bond donors (Lipinski definition) is 1. The fourth-order valence-corrected chi connectivity index (χ4v) is 1.50. The molecule has 6 heteroatoms. The van der Waals surface area contributed by atoms with Gasteiger partial charge in [0.1, 0.15) is 5.82 Å². The summed E-state index contributed by atoms with van der Waals surface area (Å²) < 4.78 is 37.7. The van der Waals surface area contributed by atoms with E-state index in [9.17, 15) is 13.2 Å². The monoisotopic (exact) mass is 255 g/mol. The first-order valence-electron chi connectivity index (χ1n) is 5.48. The molecular formula is C12H12F3N3. The molecule has 1 heterocycles. The zero-order valence-electron chi connectivity index (χ0n) is 9.92. The lowest BCUT2D eigenvalue weighted by Gasteiger charge is -2.06. The number of H-pyrrole nitrogens is 1. The highest BCUT2D eigenvalue weighted by molar-refractivity contribution is 5.56. The zero-order chi connectivity index (χ0) is 13.3. The standard InChI is InChI=1S/C12H12F3N3/c1-7(2)10-16-11(18-17-10)8-4-3-5-9(6-8)12(13,14)15/h3-7H,1-2H3,(H,16,17,18). The second-order valence-corrected chi connectivity index (χ2v) is 4.28. The van der Waals surface area contributed by atoms with Crippen molar-refractivity contribution < 1.29 is 13.2 Å². The van der Waals surface area contributed by atoms with Crippen molar-refractivity contribution in [2.45, 2.75) is 25.9 Å². The summed E-state index contributed by atoms with van der Waals surface area (Å²) in [5.41, 5.74) is -0.344. The number of aromatic amines is 1. The summed E-state index contributed by atoms with van der Waals surface area (Å²) >= 11 is 0. The van der Waals surface area contributed by atoms with Gasteiger partial charge in [-0.25, -0.2) is 4.98 Å². The second kappa shape index (κ2) is 4.44. The molecule has 96 valence electrons. The van der Waals surface area contributed by atoms with Crippen LogP contribution in [0.5, 0.6) is 0 Å². The van der Waals surface area contributed by atoms with Crippen molar-refractivity contribution in [1.29, 1.82) is 0 Å². The van der Waals surface area contributed by atoms with E-state index in [4.69, 9.17) is 0 Å². The Morgan fingerprint density at radius 3 is 2.50 bits per heavy atom. The third-order valence-electron chi connectivity index (χ3n) is 2.50. The van der Waals surface area contributed by atoms with Crippen LogP contribution in [0.2, 0.25) is 0 Å². The fraction of sp³-hybridized carbons (Fsp3) is 0.333. The van der Waals surface area contributed by atoms with Gasteiger partial charge in [0.25, 0.3) is 0 Å². The molecule has 2 aromatic rings.